The molecular weight excluding hydrogens is 534 g/mol. The maximum Gasteiger partial charge on any atom is 0.490 e. The molecule has 0 aromatic carbocycles. The zero-order chi connectivity index (χ0) is 28.0. The number of hydrogen-bond acceptors (Lipinski definition) is 7. The Morgan fingerprint density at radius 3 is 1.95 bits per heavy atom. The van der Waals surface area contributed by atoms with E-state index in [1.54, 1.807) is 35.9 Å². The number of alkyl halides is 6. The second kappa shape index (κ2) is 11.9. The van der Waals surface area contributed by atoms with Crippen LogP contribution in [0.15, 0.2) is 29.9 Å². The Labute approximate surface area is 210 Å². The van der Waals surface area contributed by atoms with Gasteiger partial charge in [0.05, 0.1) is 10.7 Å². The normalized spacial score (nSPS) is 16.7. The molecule has 2 N–H and O–H groups in total. The van der Waals surface area contributed by atoms with E-state index in [2.05, 4.69) is 20.2 Å². The van der Waals surface area contributed by atoms with Crippen molar-refractivity contribution in [2.75, 3.05) is 26.2 Å². The first-order valence-corrected chi connectivity index (χ1v) is 11.3. The molecule has 1 spiro atoms. The molecule has 2 saturated heterocycles. The molecule has 4 rings (SSSR count). The van der Waals surface area contributed by atoms with Crippen LogP contribution in [0.1, 0.15) is 27.5 Å². The van der Waals surface area contributed by atoms with E-state index >= 15 is 0 Å². The Morgan fingerprint density at radius 1 is 1.00 bits per heavy atom. The van der Waals surface area contributed by atoms with Crippen molar-refractivity contribution in [3.63, 3.8) is 0 Å². The summed E-state index contributed by atoms with van der Waals surface area (Å²) >= 11 is 1.71. The summed E-state index contributed by atoms with van der Waals surface area (Å²) in [6.45, 7) is 6.91. The van der Waals surface area contributed by atoms with Crippen LogP contribution < -0.4 is 0 Å². The molecule has 0 saturated carbocycles. The lowest BCUT2D eigenvalue weighted by molar-refractivity contribution is -0.193. The van der Waals surface area contributed by atoms with Crippen molar-refractivity contribution in [2.45, 2.75) is 32.2 Å². The second-order valence-electron chi connectivity index (χ2n) is 8.32. The molecule has 2 aromatic rings. The zero-order valence-corrected chi connectivity index (χ0v) is 20.0. The fourth-order valence-corrected chi connectivity index (χ4v) is 4.32. The van der Waals surface area contributed by atoms with Gasteiger partial charge in [-0.3, -0.25) is 14.7 Å². The minimum absolute atomic E-state index is 0.131. The highest BCUT2D eigenvalue weighted by Gasteiger charge is 2.49. The van der Waals surface area contributed by atoms with Gasteiger partial charge in [-0.15, -0.1) is 11.3 Å². The summed E-state index contributed by atoms with van der Waals surface area (Å²) < 4.78 is 63.5. The number of aromatic nitrogens is 2. The number of carboxylic acid groups (broad SMARTS) is 2. The SMILES string of the molecule is Cc1nc(CN2CCC3(C2)CN(C(=O)c2ccncc2)C3)cs1.O=C(O)C(F)(F)F.O=C(O)C(F)(F)F. The van der Waals surface area contributed by atoms with Crippen LogP contribution in [0, 0.1) is 12.3 Å². The van der Waals surface area contributed by atoms with Gasteiger partial charge in [0, 0.05) is 54.9 Å². The molecule has 16 heteroatoms. The smallest absolute Gasteiger partial charge is 0.475 e. The Morgan fingerprint density at radius 2 is 1.51 bits per heavy atom. The van der Waals surface area contributed by atoms with Crippen molar-refractivity contribution in [3.05, 3.63) is 46.2 Å². The third-order valence-corrected chi connectivity index (χ3v) is 6.14. The van der Waals surface area contributed by atoms with Gasteiger partial charge >= 0.3 is 24.3 Å². The Kier molecular flexibility index (Phi) is 9.60. The third kappa shape index (κ3) is 8.96. The van der Waals surface area contributed by atoms with Crippen molar-refractivity contribution in [2.24, 2.45) is 5.41 Å². The number of pyridine rings is 1. The van der Waals surface area contributed by atoms with Crippen LogP contribution in [0.25, 0.3) is 0 Å². The van der Waals surface area contributed by atoms with Gasteiger partial charge in [0.2, 0.25) is 0 Å². The van der Waals surface area contributed by atoms with Gasteiger partial charge < -0.3 is 15.1 Å². The number of nitrogens with zero attached hydrogens (tertiary/aromatic N) is 4. The summed E-state index contributed by atoms with van der Waals surface area (Å²) in [5.41, 5.74) is 2.21. The maximum absolute atomic E-state index is 12.4. The first kappa shape index (κ1) is 30.0. The molecule has 1 amide bonds. The van der Waals surface area contributed by atoms with Crippen LogP contribution in [0.5, 0.6) is 0 Å². The number of halogens is 6. The summed E-state index contributed by atoms with van der Waals surface area (Å²) in [5.74, 6) is -5.38. The molecular formula is C21H22F6N4O5S. The fourth-order valence-electron chi connectivity index (χ4n) is 3.71. The molecule has 0 unspecified atom stereocenters. The third-order valence-electron chi connectivity index (χ3n) is 5.32. The van der Waals surface area contributed by atoms with Crippen LogP contribution >= 0.6 is 11.3 Å². The van der Waals surface area contributed by atoms with Crippen LogP contribution in [-0.2, 0) is 16.1 Å². The maximum atomic E-state index is 12.4. The lowest BCUT2D eigenvalue weighted by atomic mass is 9.79. The molecule has 9 nitrogen and oxygen atoms in total. The molecule has 204 valence electrons. The molecule has 0 atom stereocenters. The number of carboxylic acids is 2. The minimum Gasteiger partial charge on any atom is -0.475 e. The number of carbonyl (C=O) groups is 3. The Bertz CT molecular complexity index is 1060. The number of rotatable bonds is 3. The molecule has 2 aliphatic rings. The fraction of sp³-hybridized carbons (Fsp3) is 0.476. The highest BCUT2D eigenvalue weighted by Crippen LogP contribution is 2.40. The van der Waals surface area contributed by atoms with E-state index in [0.29, 0.717) is 5.41 Å². The van der Waals surface area contributed by atoms with E-state index in [4.69, 9.17) is 19.8 Å². The van der Waals surface area contributed by atoms with Gasteiger partial charge in [-0.25, -0.2) is 14.6 Å². The number of aliphatic carboxylic acids is 2. The quantitative estimate of drug-likeness (QED) is 0.551. The first-order chi connectivity index (χ1) is 17.0. The second-order valence-corrected chi connectivity index (χ2v) is 9.38. The van der Waals surface area contributed by atoms with Crippen molar-refractivity contribution < 1.29 is 50.9 Å². The number of hydrogen-bond donors (Lipinski definition) is 2. The summed E-state index contributed by atoms with van der Waals surface area (Å²) in [4.78, 5) is 43.2. The van der Waals surface area contributed by atoms with E-state index in [9.17, 15) is 31.1 Å². The summed E-state index contributed by atoms with van der Waals surface area (Å²) in [6, 6.07) is 3.58. The van der Waals surface area contributed by atoms with Crippen LogP contribution in [0.3, 0.4) is 0 Å². The zero-order valence-electron chi connectivity index (χ0n) is 19.2. The molecule has 4 heterocycles. The predicted molar refractivity (Wildman–Crippen MR) is 117 cm³/mol. The highest BCUT2D eigenvalue weighted by molar-refractivity contribution is 7.09. The molecule has 0 aliphatic carbocycles. The van der Waals surface area contributed by atoms with Crippen molar-refractivity contribution >= 4 is 29.2 Å². The number of likely N-dealkylation sites (tertiary alicyclic amines) is 2. The average Bonchev–Trinajstić information content (AvgIpc) is 3.39. The molecule has 2 aliphatic heterocycles. The van der Waals surface area contributed by atoms with E-state index in [1.165, 1.54) is 12.1 Å². The van der Waals surface area contributed by atoms with E-state index in [1.807, 2.05) is 11.8 Å². The molecule has 2 aromatic heterocycles. The standard InChI is InChI=1S/C17H20N4OS.2C2HF3O2/c1-13-19-15(9-23-13)8-20-7-4-17(10-20)11-21(12-17)16(22)14-2-5-18-6-3-14;2*3-2(4,5)1(6)7/h2-3,5-6,9H,4,7-8,10-12H2,1H3;2*(H,6,7). The van der Waals surface area contributed by atoms with Crippen LogP contribution in [-0.4, -0.2) is 86.4 Å². The van der Waals surface area contributed by atoms with Crippen LogP contribution in [0.2, 0.25) is 0 Å². The minimum atomic E-state index is -5.08. The summed E-state index contributed by atoms with van der Waals surface area (Å²) in [6.07, 6.45) is -5.64. The molecule has 0 bridgehead atoms. The van der Waals surface area contributed by atoms with Gasteiger partial charge in [0.15, 0.2) is 0 Å². The number of amides is 1. The first-order valence-electron chi connectivity index (χ1n) is 10.5. The summed E-state index contributed by atoms with van der Waals surface area (Å²) in [5, 5.41) is 17.5. The summed E-state index contributed by atoms with van der Waals surface area (Å²) in [7, 11) is 0. The van der Waals surface area contributed by atoms with Crippen LogP contribution in [0.4, 0.5) is 26.3 Å². The van der Waals surface area contributed by atoms with Crippen molar-refractivity contribution in [1.82, 2.24) is 19.8 Å². The predicted octanol–water partition coefficient (Wildman–Crippen LogP) is 3.46. The number of thiazole rings is 1. The van der Waals surface area contributed by atoms with E-state index < -0.39 is 24.3 Å². The van der Waals surface area contributed by atoms with Gasteiger partial charge in [0.25, 0.3) is 5.91 Å². The largest absolute Gasteiger partial charge is 0.490 e. The van der Waals surface area contributed by atoms with Gasteiger partial charge in [-0.2, -0.15) is 26.3 Å². The van der Waals surface area contributed by atoms with E-state index in [-0.39, 0.29) is 5.91 Å². The Balaban J connectivity index is 0.000000286. The molecule has 2 fully saturated rings. The van der Waals surface area contributed by atoms with Gasteiger partial charge in [-0.05, 0) is 32.0 Å². The van der Waals surface area contributed by atoms with Crippen molar-refractivity contribution in [3.8, 4) is 0 Å². The number of carbonyl (C=O) groups excluding carboxylic acids is 1. The Hall–Kier alpha value is -3.27. The molecule has 0 radical (unpaired) electrons. The lowest BCUT2D eigenvalue weighted by Gasteiger charge is -2.48. The highest BCUT2D eigenvalue weighted by atomic mass is 32.1. The molecule has 37 heavy (non-hydrogen) atoms. The average molecular weight is 556 g/mol. The monoisotopic (exact) mass is 556 g/mol. The topological polar surface area (TPSA) is 124 Å². The van der Waals surface area contributed by atoms with Gasteiger partial charge in [-0.1, -0.05) is 0 Å². The van der Waals surface area contributed by atoms with E-state index in [0.717, 1.165) is 43.3 Å². The van der Waals surface area contributed by atoms with Gasteiger partial charge in [0.1, 0.15) is 0 Å². The number of aryl methyl sites for hydroxylation is 1. The lowest BCUT2D eigenvalue weighted by Crippen LogP contribution is -2.59. The van der Waals surface area contributed by atoms with Crippen molar-refractivity contribution in [1.29, 1.82) is 0 Å².